The van der Waals surface area contributed by atoms with Crippen molar-refractivity contribution in [1.82, 2.24) is 0 Å². The Balaban J connectivity index is 3.04. The third-order valence-electron chi connectivity index (χ3n) is 2.15. The molecule has 1 heteroatoms. The van der Waals surface area contributed by atoms with Crippen LogP contribution in [-0.2, 0) is 0 Å². The fraction of sp³-hybridized carbons (Fsp3) is 0.333. The van der Waals surface area contributed by atoms with Gasteiger partial charge in [0.1, 0.15) is 0 Å². The zero-order valence-corrected chi connectivity index (χ0v) is 8.59. The largest absolute Gasteiger partial charge is 0.385 e. The molecule has 0 aliphatic carbocycles. The Kier molecular flexibility index (Phi) is 3.56. The second-order valence-corrected chi connectivity index (χ2v) is 3.05. The van der Waals surface area contributed by atoms with Gasteiger partial charge in [-0.1, -0.05) is 24.3 Å². The van der Waals surface area contributed by atoms with Crippen LogP contribution in [0.4, 0.5) is 5.69 Å². The molecule has 70 valence electrons. The highest BCUT2D eigenvalue weighted by Gasteiger charge is 2.00. The molecule has 0 aromatic heterocycles. The monoisotopic (exact) mass is 175 g/mol. The zero-order chi connectivity index (χ0) is 9.68. The van der Waals surface area contributed by atoms with E-state index in [0.29, 0.717) is 0 Å². The summed E-state index contributed by atoms with van der Waals surface area (Å²) in [6.45, 7) is 7.28. The standard InChI is InChI=1S/C12H17N/c1-4-10(3)11-8-6-7-9-12(11)13-5-2/h4,6-9,13H,5H2,1-3H3. The summed E-state index contributed by atoms with van der Waals surface area (Å²) in [5.74, 6) is 0. The first-order valence-electron chi connectivity index (χ1n) is 4.75. The van der Waals surface area contributed by atoms with E-state index in [1.807, 2.05) is 0 Å². The van der Waals surface area contributed by atoms with Crippen LogP contribution in [0.2, 0.25) is 0 Å². The molecule has 13 heavy (non-hydrogen) atoms. The minimum absolute atomic E-state index is 0.966. The quantitative estimate of drug-likeness (QED) is 0.741. The van der Waals surface area contributed by atoms with Crippen molar-refractivity contribution in [3.63, 3.8) is 0 Å². The zero-order valence-electron chi connectivity index (χ0n) is 8.59. The molecule has 0 saturated carbocycles. The fourth-order valence-corrected chi connectivity index (χ4v) is 1.33. The molecule has 0 unspecified atom stereocenters. The highest BCUT2D eigenvalue weighted by atomic mass is 14.9. The topological polar surface area (TPSA) is 12.0 Å². The number of hydrogen-bond donors (Lipinski definition) is 1. The van der Waals surface area contributed by atoms with Crippen molar-refractivity contribution in [1.29, 1.82) is 0 Å². The Morgan fingerprint density at radius 1 is 1.38 bits per heavy atom. The molecule has 0 aliphatic rings. The van der Waals surface area contributed by atoms with Crippen molar-refractivity contribution in [3.05, 3.63) is 35.9 Å². The maximum Gasteiger partial charge on any atom is 0.0416 e. The Labute approximate surface area is 80.5 Å². The molecule has 1 aromatic carbocycles. The maximum atomic E-state index is 3.35. The van der Waals surface area contributed by atoms with E-state index >= 15 is 0 Å². The van der Waals surface area contributed by atoms with Gasteiger partial charge in [-0.05, 0) is 32.4 Å². The summed E-state index contributed by atoms with van der Waals surface area (Å²) in [5.41, 5.74) is 3.84. The van der Waals surface area contributed by atoms with Crippen LogP contribution in [0, 0.1) is 0 Å². The lowest BCUT2D eigenvalue weighted by atomic mass is 10.1. The molecule has 0 spiro atoms. The average Bonchev–Trinajstić information content (AvgIpc) is 2.18. The Bertz CT molecular complexity index is 300. The summed E-state index contributed by atoms with van der Waals surface area (Å²) in [4.78, 5) is 0. The highest BCUT2D eigenvalue weighted by Crippen LogP contribution is 2.22. The molecular weight excluding hydrogens is 158 g/mol. The van der Waals surface area contributed by atoms with E-state index in [4.69, 9.17) is 0 Å². The van der Waals surface area contributed by atoms with Crippen LogP contribution in [0.3, 0.4) is 0 Å². The smallest absolute Gasteiger partial charge is 0.0416 e. The van der Waals surface area contributed by atoms with E-state index in [-0.39, 0.29) is 0 Å². The van der Waals surface area contributed by atoms with Crippen molar-refractivity contribution in [2.45, 2.75) is 20.8 Å². The fourth-order valence-electron chi connectivity index (χ4n) is 1.33. The predicted molar refractivity (Wildman–Crippen MR) is 59.9 cm³/mol. The van der Waals surface area contributed by atoms with E-state index in [9.17, 15) is 0 Å². The van der Waals surface area contributed by atoms with E-state index in [2.05, 4.69) is 56.4 Å². The van der Waals surface area contributed by atoms with Gasteiger partial charge in [0.2, 0.25) is 0 Å². The number of rotatable bonds is 3. The van der Waals surface area contributed by atoms with Gasteiger partial charge < -0.3 is 5.32 Å². The van der Waals surface area contributed by atoms with Crippen molar-refractivity contribution < 1.29 is 0 Å². The first-order chi connectivity index (χ1) is 6.29. The molecule has 1 aromatic rings. The summed E-state index contributed by atoms with van der Waals surface area (Å²) in [7, 11) is 0. The van der Waals surface area contributed by atoms with Gasteiger partial charge in [0, 0.05) is 17.8 Å². The average molecular weight is 175 g/mol. The van der Waals surface area contributed by atoms with Gasteiger partial charge in [-0.25, -0.2) is 0 Å². The Hall–Kier alpha value is -1.24. The van der Waals surface area contributed by atoms with Crippen molar-refractivity contribution >= 4 is 11.3 Å². The Morgan fingerprint density at radius 3 is 2.69 bits per heavy atom. The number of hydrogen-bond acceptors (Lipinski definition) is 1. The van der Waals surface area contributed by atoms with Crippen LogP contribution in [0.5, 0.6) is 0 Å². The van der Waals surface area contributed by atoms with Gasteiger partial charge in [-0.2, -0.15) is 0 Å². The van der Waals surface area contributed by atoms with Crippen LogP contribution in [0.15, 0.2) is 30.3 Å². The first-order valence-corrected chi connectivity index (χ1v) is 4.75. The second kappa shape index (κ2) is 4.70. The molecule has 0 saturated heterocycles. The lowest BCUT2D eigenvalue weighted by molar-refractivity contribution is 1.21. The van der Waals surface area contributed by atoms with E-state index in [1.54, 1.807) is 0 Å². The summed E-state index contributed by atoms with van der Waals surface area (Å²) in [5, 5.41) is 3.35. The highest BCUT2D eigenvalue weighted by molar-refractivity contribution is 5.74. The van der Waals surface area contributed by atoms with E-state index in [0.717, 1.165) is 6.54 Å². The molecule has 0 bridgehead atoms. The van der Waals surface area contributed by atoms with Crippen molar-refractivity contribution in [2.24, 2.45) is 0 Å². The van der Waals surface area contributed by atoms with Crippen molar-refractivity contribution in [2.75, 3.05) is 11.9 Å². The molecule has 0 atom stereocenters. The third-order valence-corrected chi connectivity index (χ3v) is 2.15. The molecular formula is C12H17N. The number of benzene rings is 1. The molecule has 1 nitrogen and oxygen atoms in total. The van der Waals surface area contributed by atoms with Crippen LogP contribution in [-0.4, -0.2) is 6.54 Å². The van der Waals surface area contributed by atoms with Crippen molar-refractivity contribution in [3.8, 4) is 0 Å². The number of allylic oxidation sites excluding steroid dienone is 2. The lowest BCUT2D eigenvalue weighted by Crippen LogP contribution is -1.99. The van der Waals surface area contributed by atoms with Crippen LogP contribution < -0.4 is 5.32 Å². The lowest BCUT2D eigenvalue weighted by Gasteiger charge is -2.10. The van der Waals surface area contributed by atoms with Crippen LogP contribution >= 0.6 is 0 Å². The summed E-state index contributed by atoms with van der Waals surface area (Å²) in [6.07, 6.45) is 2.14. The van der Waals surface area contributed by atoms with Gasteiger partial charge in [-0.15, -0.1) is 0 Å². The molecule has 0 amide bonds. The van der Waals surface area contributed by atoms with Gasteiger partial charge in [-0.3, -0.25) is 0 Å². The second-order valence-electron chi connectivity index (χ2n) is 3.05. The molecule has 1 N–H and O–H groups in total. The minimum atomic E-state index is 0.966. The predicted octanol–water partition coefficient (Wildman–Crippen LogP) is 3.54. The first kappa shape index (κ1) is 9.85. The van der Waals surface area contributed by atoms with Gasteiger partial charge >= 0.3 is 0 Å². The molecule has 1 rings (SSSR count). The van der Waals surface area contributed by atoms with E-state index < -0.39 is 0 Å². The normalized spacial score (nSPS) is 11.5. The Morgan fingerprint density at radius 2 is 2.08 bits per heavy atom. The van der Waals surface area contributed by atoms with Gasteiger partial charge in [0.25, 0.3) is 0 Å². The van der Waals surface area contributed by atoms with Gasteiger partial charge in [0.15, 0.2) is 0 Å². The summed E-state index contributed by atoms with van der Waals surface area (Å²) >= 11 is 0. The maximum absolute atomic E-state index is 3.35. The number of anilines is 1. The van der Waals surface area contributed by atoms with Crippen LogP contribution in [0.25, 0.3) is 5.57 Å². The third kappa shape index (κ3) is 2.35. The van der Waals surface area contributed by atoms with Gasteiger partial charge in [0.05, 0.1) is 0 Å². The number of para-hydroxylation sites is 1. The summed E-state index contributed by atoms with van der Waals surface area (Å²) in [6, 6.07) is 8.40. The molecule has 0 fully saturated rings. The molecule has 0 radical (unpaired) electrons. The molecule has 0 heterocycles. The minimum Gasteiger partial charge on any atom is -0.385 e. The van der Waals surface area contributed by atoms with E-state index in [1.165, 1.54) is 16.8 Å². The number of nitrogens with one attached hydrogen (secondary N) is 1. The summed E-state index contributed by atoms with van der Waals surface area (Å²) < 4.78 is 0. The SMILES string of the molecule is CC=C(C)c1ccccc1NCC. The van der Waals surface area contributed by atoms with Crippen LogP contribution in [0.1, 0.15) is 26.3 Å². The molecule has 0 aliphatic heterocycles.